The Kier molecular flexibility index (Phi) is 8.93. The summed E-state index contributed by atoms with van der Waals surface area (Å²) in [6, 6.07) is 11.2. The van der Waals surface area contributed by atoms with Crippen LogP contribution in [0.2, 0.25) is 5.02 Å². The van der Waals surface area contributed by atoms with E-state index in [9.17, 15) is 18.5 Å². The van der Waals surface area contributed by atoms with Gasteiger partial charge in [0.1, 0.15) is 16.2 Å². The van der Waals surface area contributed by atoms with Crippen molar-refractivity contribution < 1.29 is 23.3 Å². The first kappa shape index (κ1) is 30.4. The summed E-state index contributed by atoms with van der Waals surface area (Å²) in [5, 5.41) is 0.438. The maximum absolute atomic E-state index is 14.4. The molecule has 1 saturated heterocycles. The van der Waals surface area contributed by atoms with E-state index in [2.05, 4.69) is 4.72 Å². The molecule has 1 unspecified atom stereocenters. The lowest BCUT2D eigenvalue weighted by atomic mass is 9.80. The molecule has 9 heteroatoms. The Labute approximate surface area is 233 Å². The van der Waals surface area contributed by atoms with E-state index in [4.69, 9.17) is 16.3 Å². The van der Waals surface area contributed by atoms with Gasteiger partial charge in [-0.05, 0) is 91.1 Å². The Balaban J connectivity index is 1.95. The standard InChI is InChI=1S/C29H38ClFN2O4S/c1-27(2,3)37-26(35)33-24(22(17-25(33)34)29(7,8)32-38(36)28(4,5)6)15-18-9-11-19(12-10-18)21-16-20(30)13-14-23(21)31/h9-14,16,22,24,32H,15,17H2,1-8H3/t22-,24+,38?/m0/s1. The smallest absolute Gasteiger partial charge is 0.417 e. The number of amides is 2. The van der Waals surface area contributed by atoms with Crippen LogP contribution in [0.5, 0.6) is 0 Å². The number of carbonyl (C=O) groups excluding carboxylic acids is 2. The average molecular weight is 565 g/mol. The third-order valence-electron chi connectivity index (χ3n) is 6.53. The minimum absolute atomic E-state index is 0.108. The maximum atomic E-state index is 14.4. The summed E-state index contributed by atoms with van der Waals surface area (Å²) in [6.45, 7) is 14.7. The van der Waals surface area contributed by atoms with Crippen LogP contribution in [-0.2, 0) is 27.3 Å². The number of hydrogen-bond acceptors (Lipinski definition) is 5. The molecule has 2 amide bonds. The summed E-state index contributed by atoms with van der Waals surface area (Å²) in [6.07, 6.45) is -0.224. The summed E-state index contributed by atoms with van der Waals surface area (Å²) in [5.41, 5.74) is 0.411. The van der Waals surface area contributed by atoms with Gasteiger partial charge in [-0.25, -0.2) is 14.1 Å². The summed E-state index contributed by atoms with van der Waals surface area (Å²) >= 11 is 4.68. The van der Waals surface area contributed by atoms with Crippen molar-refractivity contribution in [3.8, 4) is 11.1 Å². The number of ether oxygens (including phenoxy) is 1. The van der Waals surface area contributed by atoms with Crippen molar-refractivity contribution >= 4 is 35.0 Å². The SMILES string of the molecule is CC(C)(C)OC(=O)N1C(=O)C[C@H](C(C)(C)N[S+]([O-])C(C)(C)C)[C@H]1Cc1ccc(-c2cc(Cl)ccc2F)cc1. The number of hydrogen-bond donors (Lipinski definition) is 1. The fourth-order valence-electron chi connectivity index (χ4n) is 4.55. The number of benzene rings is 2. The maximum Gasteiger partial charge on any atom is 0.417 e. The molecule has 2 aromatic rings. The normalized spacial score (nSPS) is 19.6. The quantitative estimate of drug-likeness (QED) is 0.396. The van der Waals surface area contributed by atoms with Crippen LogP contribution in [0.4, 0.5) is 9.18 Å². The van der Waals surface area contributed by atoms with Gasteiger partial charge in [-0.2, -0.15) is 0 Å². The van der Waals surface area contributed by atoms with Crippen LogP contribution in [0.3, 0.4) is 0 Å². The van der Waals surface area contributed by atoms with Crippen molar-refractivity contribution in [3.63, 3.8) is 0 Å². The summed E-state index contributed by atoms with van der Waals surface area (Å²) < 4.78 is 35.7. The number of nitrogens with zero attached hydrogens (tertiary/aromatic N) is 1. The molecule has 1 aliphatic rings. The van der Waals surface area contributed by atoms with Gasteiger partial charge in [-0.1, -0.05) is 35.9 Å². The summed E-state index contributed by atoms with van der Waals surface area (Å²) in [4.78, 5) is 27.6. The molecule has 38 heavy (non-hydrogen) atoms. The predicted molar refractivity (Wildman–Crippen MR) is 151 cm³/mol. The van der Waals surface area contributed by atoms with Crippen LogP contribution in [0.25, 0.3) is 11.1 Å². The Bertz CT molecular complexity index is 1170. The van der Waals surface area contributed by atoms with Crippen LogP contribution in [0.15, 0.2) is 42.5 Å². The number of rotatable bonds is 6. The molecule has 1 heterocycles. The minimum atomic E-state index is -1.38. The summed E-state index contributed by atoms with van der Waals surface area (Å²) in [5.74, 6) is -1.04. The van der Waals surface area contributed by atoms with E-state index in [0.717, 1.165) is 5.56 Å². The van der Waals surface area contributed by atoms with Gasteiger partial charge in [0, 0.05) is 34.3 Å². The van der Waals surface area contributed by atoms with Crippen molar-refractivity contribution in [1.29, 1.82) is 0 Å². The number of nitrogens with one attached hydrogen (secondary N) is 1. The Hall–Kier alpha value is -2.13. The first-order valence-electron chi connectivity index (χ1n) is 12.7. The second-order valence-electron chi connectivity index (χ2n) is 12.4. The van der Waals surface area contributed by atoms with Gasteiger partial charge in [-0.15, -0.1) is 4.72 Å². The average Bonchev–Trinajstić information content (AvgIpc) is 3.10. The van der Waals surface area contributed by atoms with Crippen LogP contribution in [0.1, 0.15) is 67.4 Å². The molecule has 0 aromatic heterocycles. The molecule has 1 N–H and O–H groups in total. The van der Waals surface area contributed by atoms with E-state index in [1.54, 1.807) is 39.0 Å². The molecule has 208 valence electrons. The van der Waals surface area contributed by atoms with Gasteiger partial charge in [0.2, 0.25) is 5.91 Å². The summed E-state index contributed by atoms with van der Waals surface area (Å²) in [7, 11) is 0. The topological polar surface area (TPSA) is 81.7 Å². The highest BCUT2D eigenvalue weighted by molar-refractivity contribution is 7.90. The van der Waals surface area contributed by atoms with Crippen LogP contribution < -0.4 is 4.72 Å². The Morgan fingerprint density at radius 3 is 2.26 bits per heavy atom. The monoisotopic (exact) mass is 564 g/mol. The molecule has 0 spiro atoms. The highest BCUT2D eigenvalue weighted by Crippen LogP contribution is 2.38. The number of likely N-dealkylation sites (tertiary alicyclic amines) is 1. The third kappa shape index (κ3) is 7.29. The predicted octanol–water partition coefficient (Wildman–Crippen LogP) is 6.67. The lowest BCUT2D eigenvalue weighted by molar-refractivity contribution is -0.128. The lowest BCUT2D eigenvalue weighted by Crippen LogP contribution is -2.57. The van der Waals surface area contributed by atoms with Crippen LogP contribution in [-0.4, -0.2) is 43.4 Å². The van der Waals surface area contributed by atoms with Crippen molar-refractivity contribution in [2.24, 2.45) is 5.92 Å². The van der Waals surface area contributed by atoms with E-state index in [1.807, 2.05) is 46.8 Å². The molecule has 3 rings (SSSR count). The molecule has 0 saturated carbocycles. The molecule has 0 radical (unpaired) electrons. The van der Waals surface area contributed by atoms with E-state index in [-0.39, 0.29) is 24.1 Å². The number of halogens is 2. The Morgan fingerprint density at radius 2 is 1.71 bits per heavy atom. The van der Waals surface area contributed by atoms with E-state index >= 15 is 0 Å². The highest BCUT2D eigenvalue weighted by Gasteiger charge is 2.52. The molecular weight excluding hydrogens is 527 g/mol. The van der Waals surface area contributed by atoms with Crippen molar-refractivity contribution in [2.45, 2.75) is 90.2 Å². The fraction of sp³-hybridized carbons (Fsp3) is 0.517. The first-order chi connectivity index (χ1) is 17.4. The number of imide groups is 1. The zero-order chi connectivity index (χ0) is 28.6. The molecule has 6 nitrogen and oxygen atoms in total. The molecule has 1 aliphatic heterocycles. The van der Waals surface area contributed by atoms with Gasteiger partial charge in [0.05, 0.1) is 11.6 Å². The van der Waals surface area contributed by atoms with E-state index in [0.29, 0.717) is 22.6 Å². The second kappa shape index (κ2) is 11.2. The van der Waals surface area contributed by atoms with E-state index in [1.165, 1.54) is 17.0 Å². The van der Waals surface area contributed by atoms with Gasteiger partial charge in [0.25, 0.3) is 0 Å². The van der Waals surface area contributed by atoms with Gasteiger partial charge in [0.15, 0.2) is 0 Å². The highest BCUT2D eigenvalue weighted by atomic mass is 35.5. The zero-order valence-corrected chi connectivity index (χ0v) is 24.9. The zero-order valence-electron chi connectivity index (χ0n) is 23.4. The fourth-order valence-corrected chi connectivity index (χ4v) is 5.66. The van der Waals surface area contributed by atoms with Crippen molar-refractivity contribution in [2.75, 3.05) is 0 Å². The molecular formula is C29H38ClFN2O4S. The second-order valence-corrected chi connectivity index (χ2v) is 14.8. The molecule has 2 aromatic carbocycles. The van der Waals surface area contributed by atoms with Crippen molar-refractivity contribution in [3.05, 3.63) is 58.9 Å². The number of carbonyl (C=O) groups is 2. The van der Waals surface area contributed by atoms with Crippen LogP contribution in [0, 0.1) is 11.7 Å². The largest absolute Gasteiger partial charge is 0.598 e. The molecule has 0 bridgehead atoms. The van der Waals surface area contributed by atoms with Crippen molar-refractivity contribution in [1.82, 2.24) is 9.62 Å². The third-order valence-corrected chi connectivity index (χ3v) is 8.59. The van der Waals surface area contributed by atoms with Gasteiger partial charge in [-0.3, -0.25) is 4.79 Å². The lowest BCUT2D eigenvalue weighted by Gasteiger charge is -2.39. The molecule has 1 fully saturated rings. The molecule has 0 aliphatic carbocycles. The Morgan fingerprint density at radius 1 is 1.11 bits per heavy atom. The molecule has 3 atom stereocenters. The van der Waals surface area contributed by atoms with Crippen LogP contribution >= 0.6 is 11.6 Å². The minimum Gasteiger partial charge on any atom is -0.598 e. The van der Waals surface area contributed by atoms with Gasteiger partial charge >= 0.3 is 6.09 Å². The van der Waals surface area contributed by atoms with E-state index < -0.39 is 39.4 Å². The van der Waals surface area contributed by atoms with Gasteiger partial charge < -0.3 is 9.29 Å². The first-order valence-corrected chi connectivity index (χ1v) is 14.2.